The Morgan fingerprint density at radius 2 is 0.812 bits per heavy atom. The molecule has 0 N–H and O–H groups in total. The van der Waals surface area contributed by atoms with Crippen LogP contribution in [0, 0.1) is 327 Å². The molecule has 1 fully saturated rings. The van der Waals surface area contributed by atoms with E-state index in [2.05, 4.69) is 302 Å². The minimum Gasteiger partial charge on any atom is -0.407 e. The second kappa shape index (κ2) is 48.1. The van der Waals surface area contributed by atoms with Crippen molar-refractivity contribution in [1.82, 2.24) is 0 Å². The fourth-order valence-electron chi connectivity index (χ4n) is 5.10. The molecule has 1 aliphatic rings. The Hall–Kier alpha value is -13.1. The summed E-state index contributed by atoms with van der Waals surface area (Å²) in [6.07, 6.45) is 17.7. The summed E-state index contributed by atoms with van der Waals surface area (Å²) in [5.74, 6) is 121. The molecule has 85 heavy (non-hydrogen) atoms. The van der Waals surface area contributed by atoms with Crippen LogP contribution >= 0.6 is 0 Å². The third kappa shape index (κ3) is 38.2. The van der Waals surface area contributed by atoms with Gasteiger partial charge in [0.15, 0.2) is 12.1 Å². The minimum absolute atomic E-state index is 0.0800. The van der Waals surface area contributed by atoms with Gasteiger partial charge < -0.3 is 33.0 Å². The number of hydrogen-bond acceptors (Lipinski definition) is 7. The van der Waals surface area contributed by atoms with Crippen molar-refractivity contribution in [3.05, 3.63) is 24.3 Å². The number of quaternary nitrogens is 1. The zero-order valence-corrected chi connectivity index (χ0v) is 46.4. The molecule has 0 radical (unpaired) electrons. The van der Waals surface area contributed by atoms with Crippen LogP contribution in [0.2, 0.25) is 0 Å². The molecule has 0 bridgehead atoms. The molecule has 1 heterocycles. The van der Waals surface area contributed by atoms with Gasteiger partial charge in [-0.25, -0.2) is 0 Å². The summed E-state index contributed by atoms with van der Waals surface area (Å²) in [6, 6.07) is 13.3. The first-order valence-electron chi connectivity index (χ1n) is 24.4. The van der Waals surface area contributed by atoms with E-state index in [0.29, 0.717) is 45.1 Å². The normalized spacial score (nSPS) is 9.54. The molecule has 9 heteroatoms. The van der Waals surface area contributed by atoms with E-state index in [1.165, 1.54) is 0 Å². The van der Waals surface area contributed by atoms with Gasteiger partial charge in [0, 0.05) is 156 Å². The fourth-order valence-corrected chi connectivity index (χ4v) is 5.10. The number of methoxy groups -OCH3 is 1. The molecule has 1 saturated heterocycles. The maximum atomic E-state index is 6.19. The molecular formula is C76H39BNO7+. The van der Waals surface area contributed by atoms with Crippen molar-refractivity contribution >= 4 is 12.6 Å². The minimum atomic E-state index is -0.558. The highest BCUT2D eigenvalue weighted by molar-refractivity contribution is 6.61. The molecule has 2 rings (SSSR count). The Balaban J connectivity index is 1.92. The van der Waals surface area contributed by atoms with Crippen LogP contribution in [0.1, 0.15) is 20.3 Å². The smallest absolute Gasteiger partial charge is 0.407 e. The number of benzene rings is 1. The van der Waals surface area contributed by atoms with Gasteiger partial charge in [-0.2, -0.15) is 4.48 Å². The molecule has 0 saturated carbocycles. The molecule has 2 unspecified atom stereocenters. The highest BCUT2D eigenvalue weighted by atomic mass is 16.6. The van der Waals surface area contributed by atoms with Gasteiger partial charge in [0.05, 0.1) is 58.0 Å². The van der Waals surface area contributed by atoms with Crippen molar-refractivity contribution in [3.63, 3.8) is 0 Å². The van der Waals surface area contributed by atoms with Crippen LogP contribution in [0.5, 0.6) is 5.75 Å². The lowest BCUT2D eigenvalue weighted by atomic mass is 9.76. The summed E-state index contributed by atoms with van der Waals surface area (Å²) in [7, 11) is 2.84. The van der Waals surface area contributed by atoms with E-state index < -0.39 is 12.5 Å². The predicted octanol–water partition coefficient (Wildman–Crippen LogP) is 1.96. The van der Waals surface area contributed by atoms with Crippen LogP contribution in [0.25, 0.3) is 0 Å². The van der Waals surface area contributed by atoms with Crippen LogP contribution in [0.4, 0.5) is 0 Å². The van der Waals surface area contributed by atoms with E-state index in [1.807, 2.05) is 26.0 Å². The SMILES string of the molecule is C#CC#CC#CC#CC#CC#CC#CC#CC#COc1ccc(B2OCC(C)(COCC(COC(CC)COCC[N+](C)(C#CC#CC#CC#CC#CC#CC#CC#CC#C)C#CC#CC#CC#CC#CC#CC#CC#CC#C)OC)CO2)cc1. The lowest BCUT2D eigenvalue weighted by molar-refractivity contribution is -0.773. The Bertz CT molecular complexity index is 4270. The number of ether oxygens (including phenoxy) is 5. The number of likely N-dealkylation sites (N-methyl/N-ethyl adjacent to an activating group) is 1. The van der Waals surface area contributed by atoms with Gasteiger partial charge in [0.2, 0.25) is 0 Å². The molecule has 8 nitrogen and oxygen atoms in total. The first-order chi connectivity index (χ1) is 41.8. The van der Waals surface area contributed by atoms with Crippen LogP contribution in [0.15, 0.2) is 24.3 Å². The van der Waals surface area contributed by atoms with E-state index >= 15 is 0 Å². The Morgan fingerprint density at radius 1 is 0.471 bits per heavy atom. The van der Waals surface area contributed by atoms with Gasteiger partial charge in [-0.15, -0.1) is 19.3 Å². The third-order valence-corrected chi connectivity index (χ3v) is 9.03. The first kappa shape index (κ1) is 68.0. The molecule has 1 aromatic rings. The predicted molar refractivity (Wildman–Crippen MR) is 329 cm³/mol. The first-order valence-corrected chi connectivity index (χ1v) is 24.4. The number of terminal acetylenes is 3. The number of nitrogens with zero attached hydrogens (tertiary/aromatic N) is 1. The van der Waals surface area contributed by atoms with Gasteiger partial charge >= 0.3 is 7.12 Å². The Kier molecular flexibility index (Phi) is 38.5. The van der Waals surface area contributed by atoms with E-state index in [0.717, 1.165) is 5.46 Å². The molecule has 0 aromatic heterocycles. The Labute approximate surface area is 504 Å². The summed E-state index contributed by atoms with van der Waals surface area (Å²) in [5, 5.41) is 0. The molecule has 1 aliphatic heterocycles. The monoisotopic (exact) mass is 1090 g/mol. The van der Waals surface area contributed by atoms with E-state index in [-0.39, 0.29) is 36.5 Å². The van der Waals surface area contributed by atoms with E-state index in [9.17, 15) is 0 Å². The van der Waals surface area contributed by atoms with Crippen molar-refractivity contribution < 1.29 is 37.5 Å². The van der Waals surface area contributed by atoms with Gasteiger partial charge in [-0.05, 0) is 166 Å². The molecule has 0 aliphatic carbocycles. The lowest BCUT2D eigenvalue weighted by Gasteiger charge is -2.36. The van der Waals surface area contributed by atoms with Crippen molar-refractivity contribution in [2.45, 2.75) is 32.5 Å². The second-order valence-corrected chi connectivity index (χ2v) is 15.5. The molecule has 2 atom stereocenters. The van der Waals surface area contributed by atoms with E-state index in [1.54, 1.807) is 26.3 Å². The lowest BCUT2D eigenvalue weighted by Crippen LogP contribution is -2.50. The second-order valence-electron chi connectivity index (χ2n) is 15.5. The molecule has 1 aromatic carbocycles. The topological polar surface area (TPSA) is 64.6 Å². The quantitative estimate of drug-likeness (QED) is 0.109. The van der Waals surface area contributed by atoms with Gasteiger partial charge in [0.1, 0.15) is 24.5 Å². The van der Waals surface area contributed by atoms with Gasteiger partial charge in [-0.1, -0.05) is 26.0 Å². The van der Waals surface area contributed by atoms with Crippen molar-refractivity contribution in [3.8, 4) is 327 Å². The highest BCUT2D eigenvalue weighted by Gasteiger charge is 2.37. The molecular weight excluding hydrogens is 1050 g/mol. The molecule has 392 valence electrons. The maximum absolute atomic E-state index is 6.19. The van der Waals surface area contributed by atoms with E-state index in [4.69, 9.17) is 52.3 Å². The Morgan fingerprint density at radius 3 is 1.16 bits per heavy atom. The standard InChI is InChI=1S/C76H39BNO7/c1-8-12-15-18-21-24-27-30-33-36-39-42-45-48-51-54-61-78(6,62-55-52-49-46-43-40-37-34-31-28-25-22-19-16-13-9-2)63-65-80-66-73(11-4)83-68-75(79-7)67-81-69-76(5)70-84-77(85-71-76)72-57-59-74(60-58-72)82-64-56-53-50-47-44-41-38-35-32-29-26-23-20-17-14-10-3/h1-3,57-60,73,75H,11,63,65-71H2,4-7H3/q+1. The van der Waals surface area contributed by atoms with Crippen LogP contribution in [-0.4, -0.2) is 90.8 Å². The van der Waals surface area contributed by atoms with Gasteiger partial charge in [-0.3, -0.25) is 0 Å². The average Bonchev–Trinajstić information content (AvgIpc) is 3.72. The average molecular weight is 1090 g/mol. The maximum Gasteiger partial charge on any atom is 0.493 e. The van der Waals surface area contributed by atoms with Crippen molar-refractivity contribution in [1.29, 1.82) is 0 Å². The zero-order valence-electron chi connectivity index (χ0n) is 46.4. The van der Waals surface area contributed by atoms with Crippen LogP contribution < -0.4 is 10.2 Å². The van der Waals surface area contributed by atoms with Crippen LogP contribution in [-0.2, 0) is 28.3 Å². The number of hydrogen-bond donors (Lipinski definition) is 0. The fraction of sp³-hybridized carbons (Fsp3) is 0.211. The van der Waals surface area contributed by atoms with Crippen LogP contribution in [0.3, 0.4) is 0 Å². The molecule has 0 spiro atoms. The zero-order chi connectivity index (χ0) is 61.1. The number of rotatable bonds is 16. The summed E-state index contributed by atoms with van der Waals surface area (Å²) in [4.78, 5) is 0. The van der Waals surface area contributed by atoms with Crippen molar-refractivity contribution in [2.24, 2.45) is 5.41 Å². The molecule has 0 amide bonds. The largest absolute Gasteiger partial charge is 0.493 e. The third-order valence-electron chi connectivity index (χ3n) is 9.03. The van der Waals surface area contributed by atoms with Gasteiger partial charge in [0.25, 0.3) is 0 Å². The summed E-state index contributed by atoms with van der Waals surface area (Å²) >= 11 is 0. The summed E-state index contributed by atoms with van der Waals surface area (Å²) in [6.45, 7) is 6.74. The summed E-state index contributed by atoms with van der Waals surface area (Å²) < 4.78 is 41.6. The highest BCUT2D eigenvalue weighted by Crippen LogP contribution is 2.24. The van der Waals surface area contributed by atoms with Crippen molar-refractivity contribution in [2.75, 3.05) is 67.0 Å². The summed E-state index contributed by atoms with van der Waals surface area (Å²) in [5.41, 5.74) is 0.425.